The molecule has 5 heteroatoms. The SMILES string of the molecule is CC(C)Sc1ccccc1C(=O)Nc1c(F)cccc1F. The molecule has 0 heterocycles. The summed E-state index contributed by atoms with van der Waals surface area (Å²) in [5.74, 6) is -2.11. The molecule has 2 aromatic rings. The highest BCUT2D eigenvalue weighted by atomic mass is 32.2. The Morgan fingerprint density at radius 2 is 1.67 bits per heavy atom. The Balaban J connectivity index is 2.29. The predicted molar refractivity (Wildman–Crippen MR) is 81.7 cm³/mol. The van der Waals surface area contributed by atoms with Crippen molar-refractivity contribution in [2.24, 2.45) is 0 Å². The van der Waals surface area contributed by atoms with Gasteiger partial charge in [-0.05, 0) is 24.3 Å². The topological polar surface area (TPSA) is 29.1 Å². The molecular formula is C16H15F2NOS. The highest BCUT2D eigenvalue weighted by Crippen LogP contribution is 2.27. The lowest BCUT2D eigenvalue weighted by Gasteiger charge is -2.12. The van der Waals surface area contributed by atoms with E-state index in [9.17, 15) is 13.6 Å². The minimum Gasteiger partial charge on any atom is -0.317 e. The van der Waals surface area contributed by atoms with Crippen molar-refractivity contribution in [1.82, 2.24) is 0 Å². The molecule has 2 rings (SSSR count). The van der Waals surface area contributed by atoms with Crippen LogP contribution >= 0.6 is 11.8 Å². The van der Waals surface area contributed by atoms with Gasteiger partial charge in [-0.3, -0.25) is 4.79 Å². The number of thioether (sulfide) groups is 1. The zero-order valence-corrected chi connectivity index (χ0v) is 12.5. The van der Waals surface area contributed by atoms with E-state index in [1.165, 1.54) is 17.8 Å². The van der Waals surface area contributed by atoms with Crippen LogP contribution in [0.4, 0.5) is 14.5 Å². The summed E-state index contributed by atoms with van der Waals surface area (Å²) in [4.78, 5) is 13.0. The molecule has 21 heavy (non-hydrogen) atoms. The molecule has 0 atom stereocenters. The summed E-state index contributed by atoms with van der Waals surface area (Å²) in [7, 11) is 0. The molecular weight excluding hydrogens is 292 g/mol. The zero-order valence-electron chi connectivity index (χ0n) is 11.7. The average Bonchev–Trinajstić information content (AvgIpc) is 2.43. The van der Waals surface area contributed by atoms with E-state index < -0.39 is 23.2 Å². The van der Waals surface area contributed by atoms with Gasteiger partial charge in [0.2, 0.25) is 0 Å². The van der Waals surface area contributed by atoms with E-state index in [4.69, 9.17) is 0 Å². The van der Waals surface area contributed by atoms with E-state index in [0.717, 1.165) is 17.0 Å². The highest BCUT2D eigenvalue weighted by Gasteiger charge is 2.16. The molecule has 2 nitrogen and oxygen atoms in total. The van der Waals surface area contributed by atoms with Gasteiger partial charge in [-0.15, -0.1) is 11.8 Å². The van der Waals surface area contributed by atoms with Gasteiger partial charge >= 0.3 is 0 Å². The van der Waals surface area contributed by atoms with Crippen molar-refractivity contribution in [2.75, 3.05) is 5.32 Å². The van der Waals surface area contributed by atoms with Crippen LogP contribution in [0.3, 0.4) is 0 Å². The largest absolute Gasteiger partial charge is 0.317 e. The third-order valence-electron chi connectivity index (χ3n) is 2.70. The molecule has 0 fully saturated rings. The lowest BCUT2D eigenvalue weighted by molar-refractivity contribution is 0.102. The van der Waals surface area contributed by atoms with Crippen molar-refractivity contribution < 1.29 is 13.6 Å². The number of nitrogens with one attached hydrogen (secondary N) is 1. The molecule has 0 aromatic heterocycles. The number of amides is 1. The van der Waals surface area contributed by atoms with Crippen LogP contribution in [0.2, 0.25) is 0 Å². The lowest BCUT2D eigenvalue weighted by atomic mass is 10.2. The third kappa shape index (κ3) is 3.82. The second-order valence-corrected chi connectivity index (χ2v) is 6.33. The van der Waals surface area contributed by atoms with Crippen molar-refractivity contribution in [1.29, 1.82) is 0 Å². The number of halogens is 2. The number of benzene rings is 2. The van der Waals surface area contributed by atoms with Gasteiger partial charge in [-0.1, -0.05) is 32.0 Å². The molecule has 2 aromatic carbocycles. The fraction of sp³-hybridized carbons (Fsp3) is 0.188. The molecule has 1 N–H and O–H groups in total. The Morgan fingerprint density at radius 3 is 2.29 bits per heavy atom. The van der Waals surface area contributed by atoms with Gasteiger partial charge in [0.1, 0.15) is 17.3 Å². The van der Waals surface area contributed by atoms with E-state index >= 15 is 0 Å². The number of carbonyl (C=O) groups is 1. The van der Waals surface area contributed by atoms with E-state index in [1.54, 1.807) is 12.1 Å². The first-order valence-corrected chi connectivity index (χ1v) is 7.38. The van der Waals surface area contributed by atoms with Gasteiger partial charge in [0.15, 0.2) is 0 Å². The summed E-state index contributed by atoms with van der Waals surface area (Å²) in [6.45, 7) is 4.02. The van der Waals surface area contributed by atoms with Gasteiger partial charge < -0.3 is 5.32 Å². The number of carbonyl (C=O) groups excluding carboxylic acids is 1. The molecule has 1 amide bonds. The van der Waals surface area contributed by atoms with Crippen LogP contribution in [-0.2, 0) is 0 Å². The van der Waals surface area contributed by atoms with Crippen LogP contribution < -0.4 is 5.32 Å². The Hall–Kier alpha value is -1.88. The fourth-order valence-corrected chi connectivity index (χ4v) is 2.76. The monoisotopic (exact) mass is 307 g/mol. The summed E-state index contributed by atoms with van der Waals surface area (Å²) >= 11 is 1.52. The Morgan fingerprint density at radius 1 is 1.05 bits per heavy atom. The standard InChI is InChI=1S/C16H15F2NOS/c1-10(2)21-14-9-4-3-6-11(14)16(20)19-15-12(17)7-5-8-13(15)18/h3-10H,1-2H3,(H,19,20). The maximum absolute atomic E-state index is 13.6. The smallest absolute Gasteiger partial charge is 0.256 e. The number of rotatable bonds is 4. The second-order valence-electron chi connectivity index (χ2n) is 4.71. The van der Waals surface area contributed by atoms with Crippen LogP contribution in [0.15, 0.2) is 47.4 Å². The average molecular weight is 307 g/mol. The van der Waals surface area contributed by atoms with E-state index in [2.05, 4.69) is 5.32 Å². The highest BCUT2D eigenvalue weighted by molar-refractivity contribution is 8.00. The van der Waals surface area contributed by atoms with Crippen molar-refractivity contribution in [2.45, 2.75) is 24.0 Å². The van der Waals surface area contributed by atoms with Crippen LogP contribution in [0.5, 0.6) is 0 Å². The maximum atomic E-state index is 13.6. The van der Waals surface area contributed by atoms with Gasteiger partial charge in [0, 0.05) is 10.1 Å². The summed E-state index contributed by atoms with van der Waals surface area (Å²) in [6, 6.07) is 10.5. The molecule has 0 spiro atoms. The first-order chi connectivity index (χ1) is 9.99. The van der Waals surface area contributed by atoms with E-state index in [1.807, 2.05) is 26.0 Å². The quantitative estimate of drug-likeness (QED) is 0.828. The number of hydrogen-bond acceptors (Lipinski definition) is 2. The molecule has 0 bridgehead atoms. The number of anilines is 1. The number of para-hydroxylation sites is 1. The summed E-state index contributed by atoms with van der Waals surface area (Å²) in [5, 5.41) is 2.60. The summed E-state index contributed by atoms with van der Waals surface area (Å²) in [6.07, 6.45) is 0. The minimum absolute atomic E-state index is 0.296. The molecule has 0 aliphatic heterocycles. The van der Waals surface area contributed by atoms with Crippen LogP contribution in [0.1, 0.15) is 24.2 Å². The van der Waals surface area contributed by atoms with Crippen molar-refractivity contribution in [3.63, 3.8) is 0 Å². The van der Waals surface area contributed by atoms with Crippen LogP contribution in [0.25, 0.3) is 0 Å². The van der Waals surface area contributed by atoms with Crippen LogP contribution in [-0.4, -0.2) is 11.2 Å². The third-order valence-corrected chi connectivity index (χ3v) is 3.78. The Labute approximate surface area is 126 Å². The lowest BCUT2D eigenvalue weighted by Crippen LogP contribution is -2.15. The Bertz CT molecular complexity index is 638. The zero-order chi connectivity index (χ0) is 15.4. The molecule has 0 saturated carbocycles. The normalized spacial score (nSPS) is 10.7. The van der Waals surface area contributed by atoms with Crippen molar-refractivity contribution in [3.05, 3.63) is 59.7 Å². The first-order valence-electron chi connectivity index (χ1n) is 6.50. The fourth-order valence-electron chi connectivity index (χ4n) is 1.81. The maximum Gasteiger partial charge on any atom is 0.256 e. The summed E-state index contributed by atoms with van der Waals surface area (Å²) < 4.78 is 27.2. The molecule has 110 valence electrons. The molecule has 0 saturated heterocycles. The molecule has 0 aliphatic rings. The molecule has 0 unspecified atom stereocenters. The minimum atomic E-state index is -0.794. The van der Waals surface area contributed by atoms with Gasteiger partial charge in [-0.25, -0.2) is 8.78 Å². The van der Waals surface area contributed by atoms with Crippen LogP contribution in [0, 0.1) is 11.6 Å². The predicted octanol–water partition coefficient (Wildman–Crippen LogP) is 4.72. The van der Waals surface area contributed by atoms with Gasteiger partial charge in [0.05, 0.1) is 5.56 Å². The van der Waals surface area contributed by atoms with E-state index in [-0.39, 0.29) is 0 Å². The Kier molecular flexibility index (Phi) is 4.96. The van der Waals surface area contributed by atoms with Crippen molar-refractivity contribution >= 4 is 23.4 Å². The molecule has 0 aliphatic carbocycles. The summed E-state index contributed by atoms with van der Waals surface area (Å²) in [5.41, 5.74) is -0.0225. The van der Waals surface area contributed by atoms with Gasteiger partial charge in [-0.2, -0.15) is 0 Å². The first kappa shape index (κ1) is 15.5. The molecule has 0 radical (unpaired) electrons. The second kappa shape index (κ2) is 6.72. The number of hydrogen-bond donors (Lipinski definition) is 1. The van der Waals surface area contributed by atoms with Crippen molar-refractivity contribution in [3.8, 4) is 0 Å². The van der Waals surface area contributed by atoms with Gasteiger partial charge in [0.25, 0.3) is 5.91 Å². The van der Waals surface area contributed by atoms with E-state index in [0.29, 0.717) is 10.8 Å².